The highest BCUT2D eigenvalue weighted by Crippen LogP contribution is 2.19. The van der Waals surface area contributed by atoms with E-state index >= 15 is 0 Å². The predicted molar refractivity (Wildman–Crippen MR) is 113 cm³/mol. The topological polar surface area (TPSA) is 64.1 Å². The van der Waals surface area contributed by atoms with Crippen molar-refractivity contribution in [2.24, 2.45) is 4.99 Å². The molecule has 0 radical (unpaired) electrons. The lowest BCUT2D eigenvalue weighted by atomic mass is 10.1. The van der Waals surface area contributed by atoms with E-state index in [0.717, 1.165) is 43.3 Å². The molecule has 0 saturated carbocycles. The number of guanidine groups is 1. The Bertz CT molecular complexity index is 498. The number of rotatable bonds is 11. The van der Waals surface area contributed by atoms with E-state index in [0.29, 0.717) is 19.8 Å². The Morgan fingerprint density at radius 2 is 1.88 bits per heavy atom. The summed E-state index contributed by atoms with van der Waals surface area (Å²) in [6, 6.07) is 6.20. The van der Waals surface area contributed by atoms with E-state index < -0.39 is 0 Å². The van der Waals surface area contributed by atoms with Crippen LogP contribution in [0.15, 0.2) is 23.2 Å². The van der Waals surface area contributed by atoms with Gasteiger partial charge in [0.05, 0.1) is 20.3 Å². The fourth-order valence-corrected chi connectivity index (χ4v) is 2.18. The normalized spacial score (nSPS) is 11.0. The maximum Gasteiger partial charge on any atom is 0.191 e. The molecule has 6 nitrogen and oxygen atoms in total. The average molecular weight is 465 g/mol. The lowest BCUT2D eigenvalue weighted by molar-refractivity contribution is 0.0689. The van der Waals surface area contributed by atoms with E-state index in [1.165, 1.54) is 5.56 Å². The standard InChI is InChI=1S/C18H31N3O3.HI/c1-15-7-8-16(17(13-15)23-4)14-21-18(19-2)20-9-5-6-10-24-12-11-22-3;/h7-8,13H,5-6,9-12,14H2,1-4H3,(H2,19,20,21);1H. The summed E-state index contributed by atoms with van der Waals surface area (Å²) in [6.07, 6.45) is 2.04. The van der Waals surface area contributed by atoms with Gasteiger partial charge in [0.2, 0.25) is 0 Å². The number of hydrogen-bond acceptors (Lipinski definition) is 4. The zero-order chi connectivity index (χ0) is 17.6. The van der Waals surface area contributed by atoms with E-state index in [1.54, 1.807) is 21.3 Å². The highest BCUT2D eigenvalue weighted by molar-refractivity contribution is 14.0. The number of nitrogens with one attached hydrogen (secondary N) is 2. The van der Waals surface area contributed by atoms with Crippen LogP contribution in [0.2, 0.25) is 0 Å². The van der Waals surface area contributed by atoms with Crippen LogP contribution in [0.3, 0.4) is 0 Å². The molecule has 0 aliphatic carbocycles. The lowest BCUT2D eigenvalue weighted by Crippen LogP contribution is -2.37. The van der Waals surface area contributed by atoms with Gasteiger partial charge in [0.1, 0.15) is 5.75 Å². The monoisotopic (exact) mass is 465 g/mol. The third kappa shape index (κ3) is 10.5. The number of methoxy groups -OCH3 is 2. The zero-order valence-electron chi connectivity index (χ0n) is 15.8. The second kappa shape index (κ2) is 15.2. The second-order valence-electron chi connectivity index (χ2n) is 5.48. The van der Waals surface area contributed by atoms with Crippen molar-refractivity contribution in [3.8, 4) is 5.75 Å². The number of ether oxygens (including phenoxy) is 3. The summed E-state index contributed by atoms with van der Waals surface area (Å²) in [7, 11) is 5.15. The molecule has 0 unspecified atom stereocenters. The minimum Gasteiger partial charge on any atom is -0.496 e. The first kappa shape index (κ1) is 23.9. The minimum absolute atomic E-state index is 0. The summed E-state index contributed by atoms with van der Waals surface area (Å²) in [5.74, 6) is 1.68. The van der Waals surface area contributed by atoms with Gasteiger partial charge in [-0.1, -0.05) is 12.1 Å². The fraction of sp³-hybridized carbons (Fsp3) is 0.611. The van der Waals surface area contributed by atoms with E-state index in [9.17, 15) is 0 Å². The Morgan fingerprint density at radius 3 is 2.56 bits per heavy atom. The number of hydrogen-bond donors (Lipinski definition) is 2. The molecule has 1 aromatic carbocycles. The van der Waals surface area contributed by atoms with Crippen LogP contribution in [0, 0.1) is 6.92 Å². The predicted octanol–water partition coefficient (Wildman–Crippen LogP) is 2.73. The highest BCUT2D eigenvalue weighted by Gasteiger charge is 2.04. The van der Waals surface area contributed by atoms with Crippen molar-refractivity contribution >= 4 is 29.9 Å². The van der Waals surface area contributed by atoms with Crippen molar-refractivity contribution < 1.29 is 14.2 Å². The first-order chi connectivity index (χ1) is 11.7. The Hall–Kier alpha value is -1.06. The minimum atomic E-state index is 0. The SMILES string of the molecule is CN=C(NCCCCOCCOC)NCc1ccc(C)cc1OC.I. The van der Waals surface area contributed by atoms with Gasteiger partial charge in [0, 0.05) is 39.4 Å². The van der Waals surface area contributed by atoms with Crippen LogP contribution in [0.5, 0.6) is 5.75 Å². The van der Waals surface area contributed by atoms with Gasteiger partial charge in [-0.25, -0.2) is 0 Å². The van der Waals surface area contributed by atoms with Crippen molar-refractivity contribution in [1.29, 1.82) is 0 Å². The number of nitrogens with zero attached hydrogens (tertiary/aromatic N) is 1. The molecule has 144 valence electrons. The van der Waals surface area contributed by atoms with E-state index in [4.69, 9.17) is 14.2 Å². The quantitative estimate of drug-likeness (QED) is 0.228. The molecule has 7 heteroatoms. The van der Waals surface area contributed by atoms with Gasteiger partial charge in [-0.2, -0.15) is 0 Å². The molecule has 0 aliphatic rings. The smallest absolute Gasteiger partial charge is 0.191 e. The van der Waals surface area contributed by atoms with Gasteiger partial charge < -0.3 is 24.8 Å². The third-order valence-electron chi connectivity index (χ3n) is 3.55. The maximum atomic E-state index is 5.44. The van der Waals surface area contributed by atoms with Crippen LogP contribution >= 0.6 is 24.0 Å². The highest BCUT2D eigenvalue weighted by atomic mass is 127. The summed E-state index contributed by atoms with van der Waals surface area (Å²) < 4.78 is 15.8. The largest absolute Gasteiger partial charge is 0.496 e. The van der Waals surface area contributed by atoms with Crippen molar-refractivity contribution in [1.82, 2.24) is 10.6 Å². The van der Waals surface area contributed by atoms with E-state index in [-0.39, 0.29) is 24.0 Å². The third-order valence-corrected chi connectivity index (χ3v) is 3.55. The summed E-state index contributed by atoms with van der Waals surface area (Å²) in [4.78, 5) is 4.24. The molecule has 2 N–H and O–H groups in total. The molecule has 0 amide bonds. The Balaban J connectivity index is 0.00000576. The molecule has 0 spiro atoms. The summed E-state index contributed by atoms with van der Waals surface area (Å²) in [6.45, 7) is 5.65. The van der Waals surface area contributed by atoms with Gasteiger partial charge in [-0.3, -0.25) is 4.99 Å². The molecule has 0 atom stereocenters. The van der Waals surface area contributed by atoms with E-state index in [2.05, 4.69) is 34.7 Å². The van der Waals surface area contributed by atoms with Gasteiger partial charge in [-0.15, -0.1) is 24.0 Å². The molecule has 1 rings (SSSR count). The number of aliphatic imine (C=N–C) groups is 1. The lowest BCUT2D eigenvalue weighted by Gasteiger charge is -2.14. The second-order valence-corrected chi connectivity index (χ2v) is 5.48. The Morgan fingerprint density at radius 1 is 1.08 bits per heavy atom. The van der Waals surface area contributed by atoms with Gasteiger partial charge in [0.15, 0.2) is 5.96 Å². The van der Waals surface area contributed by atoms with Gasteiger partial charge >= 0.3 is 0 Å². The summed E-state index contributed by atoms with van der Waals surface area (Å²) in [5.41, 5.74) is 2.29. The van der Waals surface area contributed by atoms with Crippen molar-refractivity contribution in [2.45, 2.75) is 26.3 Å². The Labute approximate surface area is 168 Å². The van der Waals surface area contributed by atoms with Crippen LogP contribution in [-0.4, -0.2) is 53.6 Å². The van der Waals surface area contributed by atoms with Crippen molar-refractivity contribution in [3.05, 3.63) is 29.3 Å². The van der Waals surface area contributed by atoms with Crippen LogP contribution in [-0.2, 0) is 16.0 Å². The molecule has 0 aromatic heterocycles. The van der Waals surface area contributed by atoms with Crippen LogP contribution in [0.4, 0.5) is 0 Å². The average Bonchev–Trinajstić information content (AvgIpc) is 2.60. The number of unbranched alkanes of at least 4 members (excludes halogenated alkanes) is 1. The molecule has 0 bridgehead atoms. The number of halogens is 1. The van der Waals surface area contributed by atoms with Gasteiger partial charge in [-0.05, 0) is 31.4 Å². The summed E-state index contributed by atoms with van der Waals surface area (Å²) in [5, 5.41) is 6.62. The first-order valence-electron chi connectivity index (χ1n) is 8.36. The Kier molecular flexibility index (Phi) is 14.6. The van der Waals surface area contributed by atoms with Crippen molar-refractivity contribution in [3.63, 3.8) is 0 Å². The molecular formula is C18H32IN3O3. The zero-order valence-corrected chi connectivity index (χ0v) is 18.1. The molecule has 0 saturated heterocycles. The molecule has 0 heterocycles. The van der Waals surface area contributed by atoms with Crippen molar-refractivity contribution in [2.75, 3.05) is 47.6 Å². The summed E-state index contributed by atoms with van der Waals surface area (Å²) >= 11 is 0. The molecule has 25 heavy (non-hydrogen) atoms. The van der Waals surface area contributed by atoms with E-state index in [1.807, 2.05) is 6.07 Å². The maximum absolute atomic E-state index is 5.44. The number of benzene rings is 1. The van der Waals surface area contributed by atoms with Crippen LogP contribution < -0.4 is 15.4 Å². The molecular weight excluding hydrogens is 433 g/mol. The first-order valence-corrected chi connectivity index (χ1v) is 8.36. The molecule has 0 aliphatic heterocycles. The van der Waals surface area contributed by atoms with Crippen LogP contribution in [0.1, 0.15) is 24.0 Å². The number of aryl methyl sites for hydroxylation is 1. The fourth-order valence-electron chi connectivity index (χ4n) is 2.18. The molecule has 0 fully saturated rings. The van der Waals surface area contributed by atoms with Crippen LogP contribution in [0.25, 0.3) is 0 Å². The molecule has 1 aromatic rings. The van der Waals surface area contributed by atoms with Gasteiger partial charge in [0.25, 0.3) is 0 Å².